The van der Waals surface area contributed by atoms with Crippen molar-refractivity contribution in [1.82, 2.24) is 5.32 Å². The lowest BCUT2D eigenvalue weighted by Crippen LogP contribution is -2.57. The molecular formula is C23H26F5NO5S. The zero-order valence-electron chi connectivity index (χ0n) is 19.2. The molecule has 1 heterocycles. The summed E-state index contributed by atoms with van der Waals surface area (Å²) in [7, 11) is -1.59. The first-order chi connectivity index (χ1) is 16.2. The number of benzene rings is 2. The van der Waals surface area contributed by atoms with Crippen molar-refractivity contribution in [2.24, 2.45) is 0 Å². The molecule has 0 amide bonds. The standard InChI is InChI=1S/C23H26F5NO5S/c1-4-21(12-19(30)22(24,25)23(26,27)28)13-35(31,32)18-11-17(34-3)16(33-2)10-15(18)20(29-21)14-8-6-5-7-9-14/h5-11,19-20,29-30H,4,12-13H2,1-3H3/t19?,20-,21-/m0/s1. The lowest BCUT2D eigenvalue weighted by Gasteiger charge is -2.38. The monoisotopic (exact) mass is 523 g/mol. The van der Waals surface area contributed by atoms with Crippen LogP contribution in [-0.4, -0.2) is 57.2 Å². The molecule has 2 aromatic rings. The molecule has 0 spiro atoms. The van der Waals surface area contributed by atoms with E-state index in [0.717, 1.165) is 0 Å². The van der Waals surface area contributed by atoms with Crippen LogP contribution in [0.15, 0.2) is 47.4 Å². The van der Waals surface area contributed by atoms with Crippen LogP contribution in [0.2, 0.25) is 0 Å². The maximum Gasteiger partial charge on any atom is 0.456 e. The summed E-state index contributed by atoms with van der Waals surface area (Å²) in [6, 6.07) is 10.1. The highest BCUT2D eigenvalue weighted by Crippen LogP contribution is 2.45. The van der Waals surface area contributed by atoms with Crippen LogP contribution in [0.4, 0.5) is 22.0 Å². The number of methoxy groups -OCH3 is 2. The second kappa shape index (κ2) is 9.55. The van der Waals surface area contributed by atoms with Crippen molar-refractivity contribution < 1.29 is 45.0 Å². The van der Waals surface area contributed by atoms with Crippen LogP contribution < -0.4 is 14.8 Å². The zero-order chi connectivity index (χ0) is 26.2. The molecule has 0 bridgehead atoms. The highest BCUT2D eigenvalue weighted by Gasteiger charge is 2.63. The van der Waals surface area contributed by atoms with E-state index in [9.17, 15) is 35.5 Å². The predicted molar refractivity (Wildman–Crippen MR) is 118 cm³/mol. The largest absolute Gasteiger partial charge is 0.493 e. The van der Waals surface area contributed by atoms with Crippen molar-refractivity contribution >= 4 is 9.84 Å². The van der Waals surface area contributed by atoms with Gasteiger partial charge in [-0.25, -0.2) is 8.42 Å². The van der Waals surface area contributed by atoms with Crippen LogP contribution in [0.3, 0.4) is 0 Å². The smallest absolute Gasteiger partial charge is 0.456 e. The van der Waals surface area contributed by atoms with Crippen molar-refractivity contribution in [2.75, 3.05) is 20.0 Å². The SMILES string of the molecule is CC[C@]1(CC(O)C(F)(F)C(F)(F)F)CS(=O)(=O)c2cc(OC)c(OC)cc2[C@H](c2ccccc2)N1. The van der Waals surface area contributed by atoms with Crippen LogP contribution in [0.25, 0.3) is 0 Å². The van der Waals surface area contributed by atoms with Crippen LogP contribution in [-0.2, 0) is 9.84 Å². The van der Waals surface area contributed by atoms with Gasteiger partial charge in [0.25, 0.3) is 0 Å². The molecule has 0 saturated carbocycles. The number of aliphatic hydroxyl groups excluding tert-OH is 1. The van der Waals surface area contributed by atoms with E-state index >= 15 is 0 Å². The molecule has 12 heteroatoms. The molecule has 6 nitrogen and oxygen atoms in total. The Hall–Kier alpha value is -2.44. The molecule has 0 aromatic heterocycles. The van der Waals surface area contributed by atoms with E-state index in [0.29, 0.717) is 5.56 Å². The minimum atomic E-state index is -6.01. The molecule has 1 aliphatic heterocycles. The highest BCUT2D eigenvalue weighted by molar-refractivity contribution is 7.91. The van der Waals surface area contributed by atoms with Crippen molar-refractivity contribution in [3.05, 3.63) is 53.6 Å². The van der Waals surface area contributed by atoms with E-state index in [4.69, 9.17) is 9.47 Å². The number of aliphatic hydroxyl groups is 1. The van der Waals surface area contributed by atoms with Gasteiger partial charge in [-0.15, -0.1) is 0 Å². The fraction of sp³-hybridized carbons (Fsp3) is 0.478. The van der Waals surface area contributed by atoms with E-state index in [1.165, 1.54) is 33.3 Å². The molecule has 3 rings (SSSR count). The molecule has 3 atom stereocenters. The Morgan fingerprint density at radius 3 is 2.17 bits per heavy atom. The predicted octanol–water partition coefficient (Wildman–Crippen LogP) is 4.27. The molecular weight excluding hydrogens is 497 g/mol. The van der Waals surface area contributed by atoms with E-state index in [1.807, 2.05) is 0 Å². The number of ether oxygens (including phenoxy) is 2. The molecule has 1 unspecified atom stereocenters. The molecule has 2 N–H and O–H groups in total. The normalized spacial score (nSPS) is 23.2. The van der Waals surface area contributed by atoms with E-state index in [2.05, 4.69) is 5.32 Å². The summed E-state index contributed by atoms with van der Waals surface area (Å²) in [6.45, 7) is 1.46. The number of halogens is 5. The number of nitrogens with one attached hydrogen (secondary N) is 1. The summed E-state index contributed by atoms with van der Waals surface area (Å²) in [4.78, 5) is -0.177. The van der Waals surface area contributed by atoms with Crippen LogP contribution in [0.5, 0.6) is 11.5 Å². The second-order valence-corrected chi connectivity index (χ2v) is 10.4. The van der Waals surface area contributed by atoms with Crippen LogP contribution >= 0.6 is 0 Å². The van der Waals surface area contributed by atoms with E-state index in [1.54, 1.807) is 30.3 Å². The van der Waals surface area contributed by atoms with Gasteiger partial charge in [-0.2, -0.15) is 22.0 Å². The number of alkyl halides is 5. The van der Waals surface area contributed by atoms with Gasteiger partial charge in [-0.1, -0.05) is 37.3 Å². The molecule has 2 aromatic carbocycles. The van der Waals surface area contributed by atoms with Crippen LogP contribution in [0.1, 0.15) is 36.9 Å². The van der Waals surface area contributed by atoms with Gasteiger partial charge in [0, 0.05) is 11.6 Å². The van der Waals surface area contributed by atoms with Gasteiger partial charge in [0.15, 0.2) is 21.3 Å². The molecule has 35 heavy (non-hydrogen) atoms. The van der Waals surface area contributed by atoms with Crippen molar-refractivity contribution in [3.8, 4) is 11.5 Å². The summed E-state index contributed by atoms with van der Waals surface area (Å²) in [6.07, 6.45) is -10.5. The quantitative estimate of drug-likeness (QED) is 0.528. The Kier molecular flexibility index (Phi) is 7.41. The third kappa shape index (κ3) is 5.10. The van der Waals surface area contributed by atoms with Crippen molar-refractivity contribution in [3.63, 3.8) is 0 Å². The number of rotatable bonds is 7. The van der Waals surface area contributed by atoms with Crippen molar-refractivity contribution in [2.45, 2.75) is 54.4 Å². The first-order valence-electron chi connectivity index (χ1n) is 10.7. The van der Waals surface area contributed by atoms with E-state index < -0.39 is 51.8 Å². The van der Waals surface area contributed by atoms with Gasteiger partial charge < -0.3 is 14.6 Å². The topological polar surface area (TPSA) is 84.9 Å². The first-order valence-corrected chi connectivity index (χ1v) is 12.3. The highest BCUT2D eigenvalue weighted by atomic mass is 32.2. The van der Waals surface area contributed by atoms with Gasteiger partial charge in [0.05, 0.1) is 30.9 Å². The number of sulfone groups is 1. The number of fused-ring (bicyclic) bond motifs is 1. The number of hydrogen-bond donors (Lipinski definition) is 2. The average Bonchev–Trinajstić information content (AvgIpc) is 2.89. The maximum absolute atomic E-state index is 14.0. The third-order valence-electron chi connectivity index (χ3n) is 6.27. The Balaban J connectivity index is 2.23. The number of hydrogen-bond acceptors (Lipinski definition) is 6. The van der Waals surface area contributed by atoms with Gasteiger partial charge in [-0.3, -0.25) is 5.32 Å². The Bertz CT molecular complexity index is 1160. The zero-order valence-corrected chi connectivity index (χ0v) is 20.0. The average molecular weight is 524 g/mol. The summed E-state index contributed by atoms with van der Waals surface area (Å²) < 4.78 is 104. The Morgan fingerprint density at radius 1 is 1.09 bits per heavy atom. The Labute approximate surface area is 200 Å². The fourth-order valence-electron chi connectivity index (χ4n) is 4.30. The fourth-order valence-corrected chi connectivity index (χ4v) is 6.41. The summed E-state index contributed by atoms with van der Waals surface area (Å²) in [5, 5.41) is 13.0. The Morgan fingerprint density at radius 2 is 1.66 bits per heavy atom. The minimum Gasteiger partial charge on any atom is -0.493 e. The summed E-state index contributed by atoms with van der Waals surface area (Å²) in [5.74, 6) is -5.95. The van der Waals surface area contributed by atoms with Gasteiger partial charge in [-0.05, 0) is 30.0 Å². The van der Waals surface area contributed by atoms with E-state index in [-0.39, 0.29) is 28.4 Å². The molecule has 0 aliphatic carbocycles. The lowest BCUT2D eigenvalue weighted by atomic mass is 9.86. The second-order valence-electron chi connectivity index (χ2n) is 8.47. The van der Waals surface area contributed by atoms with Gasteiger partial charge in [0.1, 0.15) is 6.10 Å². The molecule has 0 radical (unpaired) electrons. The summed E-state index contributed by atoms with van der Waals surface area (Å²) >= 11 is 0. The van der Waals surface area contributed by atoms with Gasteiger partial charge in [0.2, 0.25) is 0 Å². The summed E-state index contributed by atoms with van der Waals surface area (Å²) in [5.41, 5.74) is -1.08. The third-order valence-corrected chi connectivity index (χ3v) is 8.23. The molecule has 1 aliphatic rings. The molecule has 0 fully saturated rings. The van der Waals surface area contributed by atoms with Crippen molar-refractivity contribution in [1.29, 1.82) is 0 Å². The minimum absolute atomic E-state index is 0.106. The first kappa shape index (κ1) is 27.2. The lowest BCUT2D eigenvalue weighted by molar-refractivity contribution is -0.315. The molecule has 0 saturated heterocycles. The van der Waals surface area contributed by atoms with Crippen LogP contribution in [0, 0.1) is 0 Å². The molecule has 194 valence electrons. The van der Waals surface area contributed by atoms with Gasteiger partial charge >= 0.3 is 12.1 Å². The maximum atomic E-state index is 14.0.